The second-order valence-corrected chi connectivity index (χ2v) is 7.11. The summed E-state index contributed by atoms with van der Waals surface area (Å²) in [5, 5.41) is 14.1. The Bertz CT molecular complexity index is 635. The van der Waals surface area contributed by atoms with Crippen molar-refractivity contribution in [3.63, 3.8) is 0 Å². The van der Waals surface area contributed by atoms with Gasteiger partial charge in [0, 0.05) is 44.9 Å². The predicted molar refractivity (Wildman–Crippen MR) is 97.1 cm³/mol. The number of hydrogen-bond donors (Lipinski definition) is 1. The van der Waals surface area contributed by atoms with E-state index in [9.17, 15) is 14.9 Å². The molecule has 25 heavy (non-hydrogen) atoms. The van der Waals surface area contributed by atoms with Crippen molar-refractivity contribution in [3.8, 4) is 0 Å². The average Bonchev–Trinajstić information content (AvgIpc) is 3.13. The van der Waals surface area contributed by atoms with Gasteiger partial charge in [-0.1, -0.05) is 12.8 Å². The minimum atomic E-state index is -0.443. The molecule has 0 spiro atoms. The number of nitrogens with one attached hydrogen (secondary N) is 1. The molecular formula is C18H26N4O3. The minimum Gasteiger partial charge on any atom is -0.368 e. The summed E-state index contributed by atoms with van der Waals surface area (Å²) >= 11 is 0. The number of hydrogen-bond acceptors (Lipinski definition) is 5. The number of anilines is 1. The van der Waals surface area contributed by atoms with Crippen LogP contribution in [0.15, 0.2) is 18.2 Å². The molecule has 0 bridgehead atoms. The summed E-state index contributed by atoms with van der Waals surface area (Å²) in [5.41, 5.74) is 1.17. The quantitative estimate of drug-likeness (QED) is 0.653. The topological polar surface area (TPSA) is 78.7 Å². The molecule has 136 valence electrons. The third-order valence-corrected chi connectivity index (χ3v) is 5.31. The number of non-ortho nitro benzene ring substituents is 1. The molecule has 1 heterocycles. The number of likely N-dealkylation sites (N-methyl/N-ethyl adjacent to an activating group) is 1. The van der Waals surface area contributed by atoms with Crippen LogP contribution in [0.3, 0.4) is 0 Å². The van der Waals surface area contributed by atoms with Crippen LogP contribution in [-0.2, 0) is 0 Å². The van der Waals surface area contributed by atoms with E-state index in [0.29, 0.717) is 18.0 Å². The second-order valence-electron chi connectivity index (χ2n) is 7.11. The molecule has 1 amide bonds. The van der Waals surface area contributed by atoms with E-state index >= 15 is 0 Å². The SMILES string of the molecule is CN1CCN(c2ccc([N+](=O)[O-])cc2C(=O)NCC2CCCC2)CC1. The number of nitro benzene ring substituents is 1. The Labute approximate surface area is 148 Å². The van der Waals surface area contributed by atoms with E-state index in [-0.39, 0.29) is 11.6 Å². The molecule has 0 radical (unpaired) electrons. The van der Waals surface area contributed by atoms with E-state index in [0.717, 1.165) is 44.7 Å². The van der Waals surface area contributed by atoms with Crippen molar-refractivity contribution >= 4 is 17.3 Å². The van der Waals surface area contributed by atoms with Crippen LogP contribution in [0.4, 0.5) is 11.4 Å². The van der Waals surface area contributed by atoms with Crippen molar-refractivity contribution in [1.29, 1.82) is 0 Å². The van der Waals surface area contributed by atoms with Gasteiger partial charge in [0.05, 0.1) is 16.2 Å². The van der Waals surface area contributed by atoms with Gasteiger partial charge in [-0.2, -0.15) is 0 Å². The molecule has 0 atom stereocenters. The number of nitrogens with zero attached hydrogens (tertiary/aromatic N) is 3. The summed E-state index contributed by atoms with van der Waals surface area (Å²) in [5.74, 6) is 0.333. The zero-order chi connectivity index (χ0) is 17.8. The Kier molecular flexibility index (Phi) is 5.53. The predicted octanol–water partition coefficient (Wildman–Crippen LogP) is 2.27. The first-order chi connectivity index (χ1) is 12.0. The van der Waals surface area contributed by atoms with Crippen LogP contribution in [0.1, 0.15) is 36.0 Å². The van der Waals surface area contributed by atoms with Crippen LogP contribution < -0.4 is 10.2 Å². The number of piperazine rings is 1. The first-order valence-corrected chi connectivity index (χ1v) is 9.04. The molecule has 1 aromatic carbocycles. The van der Waals surface area contributed by atoms with E-state index in [1.807, 2.05) is 0 Å². The van der Waals surface area contributed by atoms with Crippen molar-refractivity contribution in [3.05, 3.63) is 33.9 Å². The molecule has 0 unspecified atom stereocenters. The van der Waals surface area contributed by atoms with E-state index in [2.05, 4.69) is 22.2 Å². The summed E-state index contributed by atoms with van der Waals surface area (Å²) in [4.78, 5) is 27.8. The van der Waals surface area contributed by atoms with E-state index < -0.39 is 4.92 Å². The highest BCUT2D eigenvalue weighted by molar-refractivity contribution is 6.00. The van der Waals surface area contributed by atoms with Gasteiger partial charge in [0.1, 0.15) is 0 Å². The van der Waals surface area contributed by atoms with Gasteiger partial charge < -0.3 is 15.1 Å². The second kappa shape index (κ2) is 7.82. The number of amides is 1. The molecule has 2 fully saturated rings. The lowest BCUT2D eigenvalue weighted by Gasteiger charge is -2.35. The van der Waals surface area contributed by atoms with Gasteiger partial charge in [-0.3, -0.25) is 14.9 Å². The van der Waals surface area contributed by atoms with E-state index in [1.54, 1.807) is 6.07 Å². The largest absolute Gasteiger partial charge is 0.368 e. The summed E-state index contributed by atoms with van der Waals surface area (Å²) < 4.78 is 0. The normalized spacial score (nSPS) is 19.2. The van der Waals surface area contributed by atoms with Gasteiger partial charge in [-0.15, -0.1) is 0 Å². The van der Waals surface area contributed by atoms with Crippen molar-refractivity contribution in [2.75, 3.05) is 44.7 Å². The number of nitro groups is 1. The molecule has 7 nitrogen and oxygen atoms in total. The van der Waals surface area contributed by atoms with Gasteiger partial charge in [-0.25, -0.2) is 0 Å². The van der Waals surface area contributed by atoms with Crippen LogP contribution in [0.2, 0.25) is 0 Å². The monoisotopic (exact) mass is 346 g/mol. The number of carbonyl (C=O) groups is 1. The van der Waals surface area contributed by atoms with Crippen molar-refractivity contribution in [1.82, 2.24) is 10.2 Å². The minimum absolute atomic E-state index is 0.0381. The molecule has 1 aromatic rings. The van der Waals surface area contributed by atoms with Crippen molar-refractivity contribution in [2.24, 2.45) is 5.92 Å². The third kappa shape index (κ3) is 4.28. The van der Waals surface area contributed by atoms with Gasteiger partial charge in [0.2, 0.25) is 0 Å². The molecule has 7 heteroatoms. The zero-order valence-electron chi connectivity index (χ0n) is 14.7. The van der Waals surface area contributed by atoms with Crippen LogP contribution in [0.5, 0.6) is 0 Å². The molecule has 0 aromatic heterocycles. The molecule has 1 aliphatic heterocycles. The summed E-state index contributed by atoms with van der Waals surface area (Å²) in [7, 11) is 2.07. The Morgan fingerprint density at radius 2 is 1.92 bits per heavy atom. The zero-order valence-corrected chi connectivity index (χ0v) is 14.7. The molecule has 1 aliphatic carbocycles. The Hall–Kier alpha value is -2.15. The average molecular weight is 346 g/mol. The van der Waals surface area contributed by atoms with Gasteiger partial charge in [0.25, 0.3) is 11.6 Å². The van der Waals surface area contributed by atoms with Crippen LogP contribution in [0.25, 0.3) is 0 Å². The highest BCUT2D eigenvalue weighted by atomic mass is 16.6. The van der Waals surface area contributed by atoms with Crippen molar-refractivity contribution in [2.45, 2.75) is 25.7 Å². The fraction of sp³-hybridized carbons (Fsp3) is 0.611. The van der Waals surface area contributed by atoms with Crippen LogP contribution in [0, 0.1) is 16.0 Å². The van der Waals surface area contributed by atoms with Gasteiger partial charge in [0.15, 0.2) is 0 Å². The van der Waals surface area contributed by atoms with E-state index in [1.165, 1.54) is 25.0 Å². The molecule has 1 saturated heterocycles. The third-order valence-electron chi connectivity index (χ3n) is 5.31. The maximum atomic E-state index is 12.7. The molecule has 1 N–H and O–H groups in total. The number of rotatable bonds is 5. The van der Waals surface area contributed by atoms with Gasteiger partial charge in [-0.05, 0) is 31.9 Å². The highest BCUT2D eigenvalue weighted by Crippen LogP contribution is 2.27. The molecular weight excluding hydrogens is 320 g/mol. The Balaban J connectivity index is 1.79. The number of benzene rings is 1. The standard InChI is InChI=1S/C18H26N4O3/c1-20-8-10-21(11-9-20)17-7-6-15(22(24)25)12-16(17)18(23)19-13-14-4-2-3-5-14/h6-7,12,14H,2-5,8-11,13H2,1H3,(H,19,23). The van der Waals surface area contributed by atoms with Crippen LogP contribution >= 0.6 is 0 Å². The lowest BCUT2D eigenvalue weighted by molar-refractivity contribution is -0.384. The van der Waals surface area contributed by atoms with Gasteiger partial charge >= 0.3 is 0 Å². The maximum absolute atomic E-state index is 12.7. The number of carbonyl (C=O) groups excluding carboxylic acids is 1. The maximum Gasteiger partial charge on any atom is 0.270 e. The highest BCUT2D eigenvalue weighted by Gasteiger charge is 2.24. The first-order valence-electron chi connectivity index (χ1n) is 9.04. The Morgan fingerprint density at radius 3 is 2.56 bits per heavy atom. The smallest absolute Gasteiger partial charge is 0.270 e. The lowest BCUT2D eigenvalue weighted by atomic mass is 10.1. The molecule has 1 saturated carbocycles. The summed E-state index contributed by atoms with van der Waals surface area (Å²) in [6, 6.07) is 4.62. The molecule has 3 rings (SSSR count). The molecule has 2 aliphatic rings. The summed E-state index contributed by atoms with van der Waals surface area (Å²) in [6.07, 6.45) is 4.76. The fourth-order valence-electron chi connectivity index (χ4n) is 3.69. The van der Waals surface area contributed by atoms with Crippen LogP contribution in [-0.4, -0.2) is 55.5 Å². The van der Waals surface area contributed by atoms with E-state index in [4.69, 9.17) is 0 Å². The first kappa shape index (κ1) is 17.7. The van der Waals surface area contributed by atoms with Crippen molar-refractivity contribution < 1.29 is 9.72 Å². The summed E-state index contributed by atoms with van der Waals surface area (Å²) in [6.45, 7) is 4.12. The Morgan fingerprint density at radius 1 is 1.24 bits per heavy atom. The fourth-order valence-corrected chi connectivity index (χ4v) is 3.69. The lowest BCUT2D eigenvalue weighted by Crippen LogP contribution is -2.45.